The Bertz CT molecular complexity index is 845. The Hall–Kier alpha value is -1.95. The third-order valence-electron chi connectivity index (χ3n) is 6.08. The van der Waals surface area contributed by atoms with Crippen LogP contribution in [0, 0.1) is 5.92 Å². The van der Waals surface area contributed by atoms with Gasteiger partial charge in [-0.1, -0.05) is 13.3 Å². The molecule has 1 aliphatic carbocycles. The van der Waals surface area contributed by atoms with Gasteiger partial charge in [-0.2, -0.15) is 5.10 Å². The molecule has 0 radical (unpaired) electrons. The molecule has 0 aromatic carbocycles. The van der Waals surface area contributed by atoms with Gasteiger partial charge in [0.1, 0.15) is 0 Å². The van der Waals surface area contributed by atoms with Crippen LogP contribution in [-0.4, -0.2) is 44.8 Å². The largest absolute Gasteiger partial charge is 0.325 e. The quantitative estimate of drug-likeness (QED) is 0.850. The molecular formula is C21H31N5O. The van der Waals surface area contributed by atoms with Crippen LogP contribution in [0.1, 0.15) is 56.1 Å². The minimum atomic E-state index is -0.0216. The molecule has 0 saturated carbocycles. The van der Waals surface area contributed by atoms with E-state index in [1.54, 1.807) is 0 Å². The molecule has 1 saturated heterocycles. The number of likely N-dealkylation sites (tertiary alicyclic amines) is 1. The topological polar surface area (TPSA) is 66.8 Å². The molecule has 4 rings (SSSR count). The smallest absolute Gasteiger partial charge is 0.259 e. The van der Waals surface area contributed by atoms with E-state index < -0.39 is 0 Å². The lowest BCUT2D eigenvalue weighted by Gasteiger charge is -2.28. The highest BCUT2D eigenvalue weighted by Gasteiger charge is 2.22. The molecule has 0 amide bonds. The Morgan fingerprint density at radius 1 is 1.26 bits per heavy atom. The number of rotatable bonds is 6. The minimum Gasteiger partial charge on any atom is -0.325 e. The van der Waals surface area contributed by atoms with Gasteiger partial charge in [0.05, 0.1) is 5.56 Å². The van der Waals surface area contributed by atoms with E-state index in [4.69, 9.17) is 10.1 Å². The fourth-order valence-corrected chi connectivity index (χ4v) is 4.34. The maximum atomic E-state index is 12.7. The molecule has 1 N–H and O–H groups in total. The number of nitrogens with one attached hydrogen (secondary N) is 1. The molecule has 3 heterocycles. The number of pyridine rings is 1. The lowest BCUT2D eigenvalue weighted by Crippen LogP contribution is -2.31. The fourth-order valence-electron chi connectivity index (χ4n) is 4.34. The van der Waals surface area contributed by atoms with Crippen molar-refractivity contribution >= 4 is 0 Å². The van der Waals surface area contributed by atoms with Crippen LogP contribution in [0.2, 0.25) is 0 Å². The van der Waals surface area contributed by atoms with Gasteiger partial charge in [-0.15, -0.1) is 0 Å². The van der Waals surface area contributed by atoms with Gasteiger partial charge in [0, 0.05) is 18.7 Å². The monoisotopic (exact) mass is 369 g/mol. The van der Waals surface area contributed by atoms with Crippen molar-refractivity contribution in [3.8, 4) is 11.4 Å². The number of unbranched alkanes of at least 4 members (excludes halogenated alkanes) is 1. The van der Waals surface area contributed by atoms with Crippen molar-refractivity contribution in [2.24, 2.45) is 5.92 Å². The summed E-state index contributed by atoms with van der Waals surface area (Å²) in [7, 11) is 2.19. The molecule has 0 spiro atoms. The van der Waals surface area contributed by atoms with Gasteiger partial charge in [-0.25, -0.2) is 9.67 Å². The number of hydrogen-bond donors (Lipinski definition) is 1. The van der Waals surface area contributed by atoms with Gasteiger partial charge >= 0.3 is 0 Å². The predicted molar refractivity (Wildman–Crippen MR) is 107 cm³/mol. The summed E-state index contributed by atoms with van der Waals surface area (Å²) in [6.07, 6.45) is 8.63. The van der Waals surface area contributed by atoms with Gasteiger partial charge in [0.15, 0.2) is 11.6 Å². The Labute approximate surface area is 161 Å². The molecule has 0 unspecified atom stereocenters. The van der Waals surface area contributed by atoms with Crippen molar-refractivity contribution in [1.82, 2.24) is 24.6 Å². The van der Waals surface area contributed by atoms with Gasteiger partial charge in [-0.05, 0) is 76.2 Å². The molecule has 6 heteroatoms. The van der Waals surface area contributed by atoms with Crippen molar-refractivity contribution in [3.63, 3.8) is 0 Å². The third kappa shape index (κ3) is 4.00. The van der Waals surface area contributed by atoms with E-state index in [-0.39, 0.29) is 5.56 Å². The Kier molecular flexibility index (Phi) is 5.43. The van der Waals surface area contributed by atoms with E-state index >= 15 is 0 Å². The Balaban J connectivity index is 1.63. The normalized spacial score (nSPS) is 18.1. The predicted octanol–water partition coefficient (Wildman–Crippen LogP) is 2.81. The standard InChI is InChI=1S/C21H31N5O/c1-3-4-10-26-20(17-14-16-6-5-7-18(16)22-21(17)27)23-19(24-26)13-15-8-11-25(2)12-9-15/h14-15H,3-13H2,1-2H3,(H,22,27). The van der Waals surface area contributed by atoms with E-state index in [0.29, 0.717) is 11.5 Å². The highest BCUT2D eigenvalue weighted by Crippen LogP contribution is 2.25. The average molecular weight is 370 g/mol. The summed E-state index contributed by atoms with van der Waals surface area (Å²) in [6.45, 7) is 5.30. The zero-order valence-corrected chi connectivity index (χ0v) is 16.6. The number of aromatic amines is 1. The molecule has 2 aliphatic rings. The first-order valence-corrected chi connectivity index (χ1v) is 10.5. The van der Waals surface area contributed by atoms with E-state index in [1.807, 2.05) is 4.68 Å². The van der Waals surface area contributed by atoms with Crippen LogP contribution in [0.4, 0.5) is 0 Å². The van der Waals surface area contributed by atoms with Crippen LogP contribution >= 0.6 is 0 Å². The summed E-state index contributed by atoms with van der Waals surface area (Å²) in [5, 5.41) is 4.81. The lowest BCUT2D eigenvalue weighted by atomic mass is 9.94. The third-order valence-corrected chi connectivity index (χ3v) is 6.08. The fraction of sp³-hybridized carbons (Fsp3) is 0.667. The molecule has 2 aromatic heterocycles. The van der Waals surface area contributed by atoms with Gasteiger partial charge < -0.3 is 9.88 Å². The molecule has 0 atom stereocenters. The van der Waals surface area contributed by atoms with E-state index in [2.05, 4.69) is 29.9 Å². The summed E-state index contributed by atoms with van der Waals surface area (Å²) in [6, 6.07) is 2.06. The zero-order valence-electron chi connectivity index (χ0n) is 16.6. The van der Waals surface area contributed by atoms with Crippen LogP contribution in [0.5, 0.6) is 0 Å². The summed E-state index contributed by atoms with van der Waals surface area (Å²) < 4.78 is 1.97. The van der Waals surface area contributed by atoms with Crippen LogP contribution in [-0.2, 0) is 25.8 Å². The SMILES string of the molecule is CCCCn1nc(CC2CCN(C)CC2)nc1-c1cc2c([nH]c1=O)CCC2. The average Bonchev–Trinajstić information content (AvgIpc) is 3.27. The number of fused-ring (bicyclic) bond motifs is 1. The van der Waals surface area contributed by atoms with Gasteiger partial charge in [0.25, 0.3) is 5.56 Å². The molecule has 27 heavy (non-hydrogen) atoms. The first kappa shape index (κ1) is 18.4. The molecule has 1 fully saturated rings. The molecule has 146 valence electrons. The van der Waals surface area contributed by atoms with Crippen molar-refractivity contribution < 1.29 is 0 Å². The molecule has 6 nitrogen and oxygen atoms in total. The first-order chi connectivity index (χ1) is 13.1. The molecular weight excluding hydrogens is 338 g/mol. The maximum Gasteiger partial charge on any atom is 0.259 e. The summed E-state index contributed by atoms with van der Waals surface area (Å²) >= 11 is 0. The van der Waals surface area contributed by atoms with Crippen molar-refractivity contribution in [1.29, 1.82) is 0 Å². The van der Waals surface area contributed by atoms with Crippen molar-refractivity contribution in [3.05, 3.63) is 33.5 Å². The lowest BCUT2D eigenvalue weighted by molar-refractivity contribution is 0.217. The van der Waals surface area contributed by atoms with Crippen LogP contribution < -0.4 is 5.56 Å². The second-order valence-electron chi connectivity index (χ2n) is 8.25. The van der Waals surface area contributed by atoms with E-state index in [9.17, 15) is 4.79 Å². The minimum absolute atomic E-state index is 0.0216. The van der Waals surface area contributed by atoms with Crippen LogP contribution in [0.3, 0.4) is 0 Å². The van der Waals surface area contributed by atoms with Crippen molar-refractivity contribution in [2.75, 3.05) is 20.1 Å². The number of aryl methyl sites for hydroxylation is 3. The van der Waals surface area contributed by atoms with E-state index in [0.717, 1.165) is 75.5 Å². The number of piperidine rings is 1. The zero-order chi connectivity index (χ0) is 18.8. The van der Waals surface area contributed by atoms with Gasteiger partial charge in [-0.3, -0.25) is 4.79 Å². The van der Waals surface area contributed by atoms with E-state index in [1.165, 1.54) is 18.4 Å². The van der Waals surface area contributed by atoms with Crippen molar-refractivity contribution in [2.45, 2.75) is 64.8 Å². The Morgan fingerprint density at radius 3 is 2.85 bits per heavy atom. The highest BCUT2D eigenvalue weighted by molar-refractivity contribution is 5.56. The van der Waals surface area contributed by atoms with Crippen LogP contribution in [0.25, 0.3) is 11.4 Å². The molecule has 0 bridgehead atoms. The second-order valence-corrected chi connectivity index (χ2v) is 8.25. The summed E-state index contributed by atoms with van der Waals surface area (Å²) in [5.41, 5.74) is 3.04. The van der Waals surface area contributed by atoms with Crippen LogP contribution in [0.15, 0.2) is 10.9 Å². The number of H-pyrrole nitrogens is 1. The highest BCUT2D eigenvalue weighted by atomic mass is 16.1. The Morgan fingerprint density at radius 2 is 2.07 bits per heavy atom. The second kappa shape index (κ2) is 7.97. The summed E-state index contributed by atoms with van der Waals surface area (Å²) in [4.78, 5) is 23.0. The summed E-state index contributed by atoms with van der Waals surface area (Å²) in [5.74, 6) is 2.30. The first-order valence-electron chi connectivity index (χ1n) is 10.5. The molecule has 2 aromatic rings. The maximum absolute atomic E-state index is 12.7. The van der Waals surface area contributed by atoms with Gasteiger partial charge in [0.2, 0.25) is 0 Å². The molecule has 1 aliphatic heterocycles. The number of hydrogen-bond acceptors (Lipinski definition) is 4. The number of nitrogens with zero attached hydrogens (tertiary/aromatic N) is 4. The number of aromatic nitrogens is 4.